The van der Waals surface area contributed by atoms with Crippen molar-refractivity contribution in [2.24, 2.45) is 0 Å². The predicted molar refractivity (Wildman–Crippen MR) is 104 cm³/mol. The van der Waals surface area contributed by atoms with Gasteiger partial charge in [-0.15, -0.1) is 0 Å². The third-order valence-electron chi connectivity index (χ3n) is 4.99. The van der Waals surface area contributed by atoms with Crippen LogP contribution in [0.15, 0.2) is 40.9 Å². The van der Waals surface area contributed by atoms with Crippen LogP contribution in [0.1, 0.15) is 65.2 Å². The fourth-order valence-electron chi connectivity index (χ4n) is 3.56. The van der Waals surface area contributed by atoms with Crippen LogP contribution in [0.3, 0.4) is 0 Å². The van der Waals surface area contributed by atoms with Gasteiger partial charge in [0.05, 0.1) is 0 Å². The molecule has 0 amide bonds. The van der Waals surface area contributed by atoms with E-state index in [-0.39, 0.29) is 5.78 Å². The van der Waals surface area contributed by atoms with Crippen molar-refractivity contribution in [2.75, 3.05) is 0 Å². The van der Waals surface area contributed by atoms with Crippen molar-refractivity contribution >= 4 is 21.7 Å². The van der Waals surface area contributed by atoms with E-state index in [0.29, 0.717) is 0 Å². The molecule has 4 aliphatic carbocycles. The van der Waals surface area contributed by atoms with E-state index in [1.807, 2.05) is 0 Å². The maximum atomic E-state index is 12.0. The number of hydrogen-bond acceptors (Lipinski definition) is 1. The summed E-state index contributed by atoms with van der Waals surface area (Å²) in [4.78, 5) is 12.0. The maximum absolute atomic E-state index is 12.0. The second kappa shape index (κ2) is 8.11. The Balaban J connectivity index is 1.83. The van der Waals surface area contributed by atoms with Crippen molar-refractivity contribution in [2.45, 2.75) is 58.3 Å². The standard InChI is InChI=1S/C22H25BrO/c1-16(24)21-14-17-6-2-3-7-18-11-13-20(22(23)15-18)9-5-4-8-19(21)12-10-17/h10-15H,2-9H2,1H3. The van der Waals surface area contributed by atoms with Crippen LogP contribution in [0.4, 0.5) is 0 Å². The number of Topliss-reactive ketones (excluding diaryl/α,β-unsaturated/α-hetero) is 1. The number of carbonyl (C=O) groups is 1. The van der Waals surface area contributed by atoms with Gasteiger partial charge in [-0.05, 0) is 92.7 Å². The van der Waals surface area contributed by atoms with Crippen LogP contribution in [0.5, 0.6) is 0 Å². The molecule has 0 N–H and O–H groups in total. The first-order chi connectivity index (χ1) is 11.6. The summed E-state index contributed by atoms with van der Waals surface area (Å²) in [5.74, 6) is 0.200. The molecule has 2 aromatic rings. The average molecular weight is 385 g/mol. The minimum atomic E-state index is 0.200. The van der Waals surface area contributed by atoms with Crippen LogP contribution >= 0.6 is 15.9 Å². The monoisotopic (exact) mass is 384 g/mol. The lowest BCUT2D eigenvalue weighted by Gasteiger charge is -2.12. The molecule has 6 rings (SSSR count). The molecule has 0 saturated carbocycles. The Morgan fingerprint density at radius 1 is 0.792 bits per heavy atom. The molecule has 1 nitrogen and oxygen atoms in total. The Morgan fingerprint density at radius 3 is 1.96 bits per heavy atom. The first-order valence-electron chi connectivity index (χ1n) is 9.03. The zero-order valence-electron chi connectivity index (χ0n) is 14.4. The molecule has 2 aromatic carbocycles. The third-order valence-corrected chi connectivity index (χ3v) is 5.73. The number of rotatable bonds is 1. The van der Waals surface area contributed by atoms with Crippen molar-refractivity contribution in [1.82, 2.24) is 0 Å². The molecule has 2 heteroatoms. The van der Waals surface area contributed by atoms with E-state index < -0.39 is 0 Å². The van der Waals surface area contributed by atoms with E-state index in [4.69, 9.17) is 0 Å². The molecular formula is C22H25BrO. The second-order valence-electron chi connectivity index (χ2n) is 6.89. The van der Waals surface area contributed by atoms with Gasteiger partial charge in [-0.1, -0.05) is 40.2 Å². The zero-order chi connectivity index (χ0) is 16.9. The van der Waals surface area contributed by atoms with Crippen LogP contribution in [0, 0.1) is 0 Å². The molecule has 0 saturated heterocycles. The van der Waals surface area contributed by atoms with E-state index in [1.165, 1.54) is 33.1 Å². The van der Waals surface area contributed by atoms with Crippen molar-refractivity contribution < 1.29 is 4.79 Å². The largest absolute Gasteiger partial charge is 0.295 e. The number of carbonyl (C=O) groups excluding carboxylic acids is 1. The average Bonchev–Trinajstić information content (AvgIpc) is 2.56. The minimum Gasteiger partial charge on any atom is -0.295 e. The van der Waals surface area contributed by atoms with Crippen LogP contribution < -0.4 is 0 Å². The maximum Gasteiger partial charge on any atom is 0.160 e. The summed E-state index contributed by atoms with van der Waals surface area (Å²) >= 11 is 3.74. The fourth-order valence-corrected chi connectivity index (χ4v) is 4.19. The van der Waals surface area contributed by atoms with Crippen LogP contribution in [0.25, 0.3) is 0 Å². The van der Waals surface area contributed by atoms with Gasteiger partial charge in [0.2, 0.25) is 0 Å². The van der Waals surface area contributed by atoms with Crippen LogP contribution in [-0.4, -0.2) is 5.78 Å². The van der Waals surface area contributed by atoms with Gasteiger partial charge in [0.15, 0.2) is 5.78 Å². The van der Waals surface area contributed by atoms with E-state index in [9.17, 15) is 4.79 Å². The van der Waals surface area contributed by atoms with Crippen molar-refractivity contribution in [1.29, 1.82) is 0 Å². The Bertz CT molecular complexity index is 733. The summed E-state index contributed by atoms with van der Waals surface area (Å²) in [5.41, 5.74) is 6.26. The molecule has 0 unspecified atom stereocenters. The number of aryl methyl sites for hydroxylation is 4. The summed E-state index contributed by atoms with van der Waals surface area (Å²) in [6.07, 6.45) is 8.87. The Kier molecular flexibility index (Phi) is 5.89. The highest BCUT2D eigenvalue weighted by atomic mass is 79.9. The van der Waals surface area contributed by atoms with Gasteiger partial charge in [0.25, 0.3) is 0 Å². The van der Waals surface area contributed by atoms with Crippen LogP contribution in [0.2, 0.25) is 0 Å². The summed E-state index contributed by atoms with van der Waals surface area (Å²) < 4.78 is 1.25. The molecule has 0 heterocycles. The van der Waals surface area contributed by atoms with Crippen molar-refractivity contribution in [3.05, 3.63) is 68.7 Å². The van der Waals surface area contributed by atoms with E-state index in [2.05, 4.69) is 52.3 Å². The van der Waals surface area contributed by atoms with Gasteiger partial charge in [-0.25, -0.2) is 0 Å². The fraction of sp³-hybridized carbons (Fsp3) is 0.409. The summed E-state index contributed by atoms with van der Waals surface area (Å²) in [7, 11) is 0. The molecule has 0 atom stereocenters. The Hall–Kier alpha value is -1.41. The SMILES string of the molecule is CC(=O)c1cc2ccc1CCCCc1ccc(cc1Br)CCCC2. The van der Waals surface area contributed by atoms with E-state index in [0.717, 1.165) is 50.5 Å². The topological polar surface area (TPSA) is 17.1 Å². The van der Waals surface area contributed by atoms with Crippen LogP contribution in [-0.2, 0) is 25.7 Å². The number of halogens is 1. The van der Waals surface area contributed by atoms with Crippen molar-refractivity contribution in [3.8, 4) is 0 Å². The molecule has 4 bridgehead atoms. The first-order valence-corrected chi connectivity index (χ1v) is 9.83. The molecule has 0 fully saturated rings. The third kappa shape index (κ3) is 4.36. The molecule has 126 valence electrons. The highest BCUT2D eigenvalue weighted by molar-refractivity contribution is 9.10. The summed E-state index contributed by atoms with van der Waals surface area (Å²) in [5, 5.41) is 0. The molecule has 0 aromatic heterocycles. The molecule has 0 spiro atoms. The highest BCUT2D eigenvalue weighted by Crippen LogP contribution is 2.24. The van der Waals surface area contributed by atoms with E-state index in [1.54, 1.807) is 6.92 Å². The zero-order valence-corrected chi connectivity index (χ0v) is 16.0. The molecule has 0 radical (unpaired) electrons. The normalized spacial score (nSPS) is 15.6. The van der Waals surface area contributed by atoms with Crippen molar-refractivity contribution in [3.63, 3.8) is 0 Å². The molecule has 0 aliphatic heterocycles. The lowest BCUT2D eigenvalue weighted by Crippen LogP contribution is -2.03. The number of benzene rings is 2. The quantitative estimate of drug-likeness (QED) is 0.543. The summed E-state index contributed by atoms with van der Waals surface area (Å²) in [6, 6.07) is 13.4. The van der Waals surface area contributed by atoms with Gasteiger partial charge in [0.1, 0.15) is 0 Å². The Labute approximate surface area is 153 Å². The predicted octanol–water partition coefficient (Wildman–Crippen LogP) is 6.10. The molecule has 24 heavy (non-hydrogen) atoms. The van der Waals surface area contributed by atoms with Gasteiger partial charge in [-0.2, -0.15) is 0 Å². The Morgan fingerprint density at radius 2 is 1.33 bits per heavy atom. The lowest BCUT2D eigenvalue weighted by atomic mass is 9.93. The minimum absolute atomic E-state index is 0.200. The van der Waals surface area contributed by atoms with Gasteiger partial charge >= 0.3 is 0 Å². The van der Waals surface area contributed by atoms with E-state index >= 15 is 0 Å². The number of ketones is 1. The van der Waals surface area contributed by atoms with Gasteiger partial charge in [0, 0.05) is 10.0 Å². The molecule has 4 aliphatic rings. The second-order valence-corrected chi connectivity index (χ2v) is 7.74. The smallest absolute Gasteiger partial charge is 0.160 e. The molecular weight excluding hydrogens is 360 g/mol. The van der Waals surface area contributed by atoms with Gasteiger partial charge in [-0.3, -0.25) is 4.79 Å². The lowest BCUT2D eigenvalue weighted by molar-refractivity contribution is 0.101. The summed E-state index contributed by atoms with van der Waals surface area (Å²) in [6.45, 7) is 1.69. The highest BCUT2D eigenvalue weighted by Gasteiger charge is 2.10. The first kappa shape index (κ1) is 17.4. The van der Waals surface area contributed by atoms with Gasteiger partial charge < -0.3 is 0 Å². The number of hydrogen-bond donors (Lipinski definition) is 0.